The van der Waals surface area contributed by atoms with Crippen LogP contribution in [-0.2, 0) is 0 Å². The quantitative estimate of drug-likeness (QED) is 0.398. The summed E-state index contributed by atoms with van der Waals surface area (Å²) < 4.78 is 0. The molecule has 0 bridgehead atoms. The molecule has 0 heterocycles. The first kappa shape index (κ1) is 9.00. The zero-order valence-electron chi connectivity index (χ0n) is 7.33. The van der Waals surface area contributed by atoms with Crippen LogP contribution < -0.4 is 5.73 Å². The molecule has 1 aliphatic carbocycles. The highest BCUT2D eigenvalue weighted by atomic mass is 16.3. The van der Waals surface area contributed by atoms with E-state index in [9.17, 15) is 5.11 Å². The van der Waals surface area contributed by atoms with Crippen LogP contribution in [0.25, 0.3) is 0 Å². The summed E-state index contributed by atoms with van der Waals surface area (Å²) in [6, 6.07) is 0. The molecule has 66 valence electrons. The SMILES string of the molecule is CC1=CC(C(=N)N)C(C)(O)C=C1. The smallest absolute Gasteiger partial charge is 0.101 e. The molecule has 0 spiro atoms. The van der Waals surface area contributed by atoms with Gasteiger partial charge in [-0.1, -0.05) is 23.8 Å². The van der Waals surface area contributed by atoms with Crippen molar-refractivity contribution in [3.63, 3.8) is 0 Å². The molecule has 0 aromatic rings. The summed E-state index contributed by atoms with van der Waals surface area (Å²) in [6.07, 6.45) is 5.32. The first-order chi connectivity index (χ1) is 5.43. The van der Waals surface area contributed by atoms with Crippen molar-refractivity contribution >= 4 is 5.84 Å². The Bertz CT molecular complexity index is 264. The van der Waals surface area contributed by atoms with Gasteiger partial charge in [0, 0.05) is 0 Å². The summed E-state index contributed by atoms with van der Waals surface area (Å²) in [5, 5.41) is 17.0. The van der Waals surface area contributed by atoms with E-state index in [0.29, 0.717) is 0 Å². The van der Waals surface area contributed by atoms with E-state index in [2.05, 4.69) is 0 Å². The highest BCUT2D eigenvalue weighted by Crippen LogP contribution is 2.26. The maximum absolute atomic E-state index is 9.77. The second-order valence-corrected chi connectivity index (χ2v) is 3.40. The van der Waals surface area contributed by atoms with Gasteiger partial charge in [-0.25, -0.2) is 0 Å². The van der Waals surface area contributed by atoms with E-state index in [1.807, 2.05) is 19.1 Å². The number of nitrogens with two attached hydrogens (primary N) is 1. The zero-order chi connectivity index (χ0) is 9.35. The topological polar surface area (TPSA) is 70.1 Å². The van der Waals surface area contributed by atoms with Crippen molar-refractivity contribution in [2.45, 2.75) is 19.4 Å². The molecule has 0 aromatic carbocycles. The third-order valence-electron chi connectivity index (χ3n) is 2.08. The lowest BCUT2D eigenvalue weighted by Crippen LogP contribution is -2.41. The van der Waals surface area contributed by atoms with E-state index in [1.54, 1.807) is 13.0 Å². The minimum atomic E-state index is -1.01. The van der Waals surface area contributed by atoms with E-state index >= 15 is 0 Å². The number of amidine groups is 1. The molecule has 0 saturated carbocycles. The normalized spacial score (nSPS) is 34.6. The fraction of sp³-hybridized carbons (Fsp3) is 0.444. The van der Waals surface area contributed by atoms with Crippen LogP contribution in [0, 0.1) is 11.3 Å². The maximum atomic E-state index is 9.77. The first-order valence-electron chi connectivity index (χ1n) is 3.87. The van der Waals surface area contributed by atoms with Gasteiger partial charge >= 0.3 is 0 Å². The summed E-state index contributed by atoms with van der Waals surface area (Å²) in [5.74, 6) is -0.383. The fourth-order valence-electron chi connectivity index (χ4n) is 1.30. The fourth-order valence-corrected chi connectivity index (χ4v) is 1.30. The minimum absolute atomic E-state index is 0.00343. The zero-order valence-corrected chi connectivity index (χ0v) is 7.33. The van der Waals surface area contributed by atoms with E-state index in [-0.39, 0.29) is 11.8 Å². The number of hydrogen-bond donors (Lipinski definition) is 3. The lowest BCUT2D eigenvalue weighted by molar-refractivity contribution is 0.0895. The van der Waals surface area contributed by atoms with Crippen molar-refractivity contribution in [1.29, 1.82) is 5.41 Å². The van der Waals surface area contributed by atoms with Gasteiger partial charge in [0.25, 0.3) is 0 Å². The second kappa shape index (κ2) is 2.75. The lowest BCUT2D eigenvalue weighted by Gasteiger charge is -2.30. The molecule has 2 atom stereocenters. The van der Waals surface area contributed by atoms with Gasteiger partial charge in [0.2, 0.25) is 0 Å². The molecule has 0 amide bonds. The van der Waals surface area contributed by atoms with Gasteiger partial charge in [-0.05, 0) is 13.8 Å². The molecule has 2 unspecified atom stereocenters. The average molecular weight is 166 g/mol. The van der Waals surface area contributed by atoms with Gasteiger partial charge in [-0.15, -0.1) is 0 Å². The summed E-state index contributed by atoms with van der Waals surface area (Å²) in [6.45, 7) is 3.57. The predicted octanol–water partition coefficient (Wildman–Crippen LogP) is 0.806. The number of rotatable bonds is 1. The highest BCUT2D eigenvalue weighted by Gasteiger charge is 2.31. The lowest BCUT2D eigenvalue weighted by atomic mass is 9.82. The number of allylic oxidation sites excluding steroid dienone is 2. The highest BCUT2D eigenvalue weighted by molar-refractivity contribution is 5.83. The van der Waals surface area contributed by atoms with Crippen molar-refractivity contribution in [2.75, 3.05) is 0 Å². The van der Waals surface area contributed by atoms with Gasteiger partial charge in [0.1, 0.15) is 5.84 Å². The molecule has 0 aromatic heterocycles. The van der Waals surface area contributed by atoms with Crippen molar-refractivity contribution in [2.24, 2.45) is 11.7 Å². The van der Waals surface area contributed by atoms with Crippen molar-refractivity contribution < 1.29 is 5.11 Å². The standard InChI is InChI=1S/C9H14N2O/c1-6-3-4-9(2,12)7(5-6)8(10)11/h3-5,7,12H,1-2H3,(H3,10,11). The Kier molecular flexibility index (Phi) is 2.06. The van der Waals surface area contributed by atoms with Crippen LogP contribution in [0.15, 0.2) is 23.8 Å². The molecule has 0 fully saturated rings. The van der Waals surface area contributed by atoms with E-state index < -0.39 is 5.60 Å². The number of hydrogen-bond acceptors (Lipinski definition) is 2. The largest absolute Gasteiger partial charge is 0.387 e. The van der Waals surface area contributed by atoms with Crippen molar-refractivity contribution in [3.8, 4) is 0 Å². The van der Waals surface area contributed by atoms with Gasteiger partial charge in [0.15, 0.2) is 0 Å². The molecule has 12 heavy (non-hydrogen) atoms. The molecule has 0 radical (unpaired) electrons. The Morgan fingerprint density at radius 1 is 1.75 bits per heavy atom. The average Bonchev–Trinajstić information content (AvgIpc) is 1.94. The molecular weight excluding hydrogens is 152 g/mol. The molecule has 1 aliphatic rings. The molecule has 4 N–H and O–H groups in total. The summed E-state index contributed by atoms with van der Waals surface area (Å²) in [4.78, 5) is 0. The first-order valence-corrected chi connectivity index (χ1v) is 3.87. The number of aliphatic hydroxyl groups is 1. The Hall–Kier alpha value is -1.09. The van der Waals surface area contributed by atoms with E-state index in [1.165, 1.54) is 0 Å². The van der Waals surface area contributed by atoms with Crippen molar-refractivity contribution in [1.82, 2.24) is 0 Å². The molecule has 3 nitrogen and oxygen atoms in total. The molecule has 3 heteroatoms. The van der Waals surface area contributed by atoms with Gasteiger partial charge in [-0.2, -0.15) is 0 Å². The third kappa shape index (κ3) is 1.56. The second-order valence-electron chi connectivity index (χ2n) is 3.40. The summed E-state index contributed by atoms with van der Waals surface area (Å²) in [5.41, 5.74) is 5.37. The predicted molar refractivity (Wildman–Crippen MR) is 48.9 cm³/mol. The Balaban J connectivity index is 2.98. The van der Waals surface area contributed by atoms with Gasteiger partial charge in [0.05, 0.1) is 11.5 Å². The Labute approximate surface area is 72.1 Å². The van der Waals surface area contributed by atoms with Crippen LogP contribution in [0.2, 0.25) is 0 Å². The van der Waals surface area contributed by atoms with Crippen molar-refractivity contribution in [3.05, 3.63) is 23.8 Å². The third-order valence-corrected chi connectivity index (χ3v) is 2.08. The molecule has 1 rings (SSSR count). The maximum Gasteiger partial charge on any atom is 0.101 e. The molecule has 0 aliphatic heterocycles. The van der Waals surface area contributed by atoms with Gasteiger partial charge in [-0.3, -0.25) is 5.41 Å². The molecular formula is C9H14N2O. The summed E-state index contributed by atoms with van der Waals surface area (Å²) >= 11 is 0. The van der Waals surface area contributed by atoms with Crippen LogP contribution in [0.3, 0.4) is 0 Å². The van der Waals surface area contributed by atoms with Crippen LogP contribution >= 0.6 is 0 Å². The Morgan fingerprint density at radius 3 is 2.75 bits per heavy atom. The monoisotopic (exact) mass is 166 g/mol. The molecule has 0 saturated heterocycles. The number of nitrogens with one attached hydrogen (secondary N) is 1. The summed E-state index contributed by atoms with van der Waals surface area (Å²) in [7, 11) is 0. The van der Waals surface area contributed by atoms with Crippen LogP contribution in [0.4, 0.5) is 0 Å². The Morgan fingerprint density at radius 2 is 2.33 bits per heavy atom. The van der Waals surface area contributed by atoms with E-state index in [4.69, 9.17) is 11.1 Å². The van der Waals surface area contributed by atoms with Crippen LogP contribution in [0.5, 0.6) is 0 Å². The van der Waals surface area contributed by atoms with E-state index in [0.717, 1.165) is 5.57 Å². The van der Waals surface area contributed by atoms with Gasteiger partial charge < -0.3 is 10.8 Å². The van der Waals surface area contributed by atoms with Crippen LogP contribution in [-0.4, -0.2) is 16.5 Å². The van der Waals surface area contributed by atoms with Crippen LogP contribution in [0.1, 0.15) is 13.8 Å². The minimum Gasteiger partial charge on any atom is -0.387 e.